The van der Waals surface area contributed by atoms with Crippen molar-refractivity contribution in [1.29, 1.82) is 0 Å². The first-order chi connectivity index (χ1) is 13.2. The molecule has 1 aliphatic carbocycles. The maximum absolute atomic E-state index is 11.8. The molecule has 1 aliphatic rings. The highest BCUT2D eigenvalue weighted by Crippen LogP contribution is 2.25. The summed E-state index contributed by atoms with van der Waals surface area (Å²) in [4.78, 5) is 16.1. The van der Waals surface area contributed by atoms with E-state index in [2.05, 4.69) is 20.9 Å². The normalized spacial score (nSPS) is 12.9. The highest BCUT2D eigenvalue weighted by molar-refractivity contribution is 5.89. The molecule has 0 spiro atoms. The number of carbonyl (C=O) groups excluding carboxylic acids is 1. The molecular formula is C21H20N4O2. The van der Waals surface area contributed by atoms with E-state index in [0.717, 1.165) is 24.2 Å². The Hall–Kier alpha value is -3.54. The standard InChI is InChI=1S/C21H20N4O2/c26-21(24-16-6-7-16)25-17-8-10-18(11-9-17)27-19-12-13-22-20(14-19)23-15-4-2-1-3-5-15/h1-5,8-14,16H,6-7H2,(H,22,23)(H2,24,25,26). The second kappa shape index (κ2) is 7.78. The summed E-state index contributed by atoms with van der Waals surface area (Å²) in [5.41, 5.74) is 1.68. The van der Waals surface area contributed by atoms with Gasteiger partial charge in [0.1, 0.15) is 17.3 Å². The van der Waals surface area contributed by atoms with Crippen molar-refractivity contribution in [3.05, 3.63) is 72.9 Å². The van der Waals surface area contributed by atoms with Crippen LogP contribution in [0.5, 0.6) is 11.5 Å². The van der Waals surface area contributed by atoms with Crippen LogP contribution in [0, 0.1) is 0 Å². The Balaban J connectivity index is 1.37. The zero-order valence-electron chi connectivity index (χ0n) is 14.7. The largest absolute Gasteiger partial charge is 0.457 e. The van der Waals surface area contributed by atoms with Gasteiger partial charge in [-0.2, -0.15) is 0 Å². The summed E-state index contributed by atoms with van der Waals surface area (Å²) >= 11 is 0. The SMILES string of the molecule is O=C(Nc1ccc(Oc2ccnc(Nc3ccccc3)c2)cc1)NC1CC1. The van der Waals surface area contributed by atoms with Crippen LogP contribution in [0.25, 0.3) is 0 Å². The highest BCUT2D eigenvalue weighted by Gasteiger charge is 2.23. The average Bonchev–Trinajstić information content (AvgIpc) is 3.48. The molecule has 0 saturated heterocycles. The smallest absolute Gasteiger partial charge is 0.319 e. The number of aromatic nitrogens is 1. The molecule has 136 valence electrons. The van der Waals surface area contributed by atoms with Crippen LogP contribution in [-0.4, -0.2) is 17.1 Å². The molecule has 3 aromatic rings. The second-order valence-corrected chi connectivity index (χ2v) is 6.37. The maximum atomic E-state index is 11.8. The van der Waals surface area contributed by atoms with Gasteiger partial charge in [0.2, 0.25) is 0 Å². The van der Waals surface area contributed by atoms with Crippen molar-refractivity contribution < 1.29 is 9.53 Å². The van der Waals surface area contributed by atoms with Gasteiger partial charge in [-0.1, -0.05) is 18.2 Å². The van der Waals surface area contributed by atoms with E-state index in [0.29, 0.717) is 23.4 Å². The summed E-state index contributed by atoms with van der Waals surface area (Å²) in [6.07, 6.45) is 3.82. The van der Waals surface area contributed by atoms with Crippen molar-refractivity contribution >= 4 is 23.2 Å². The number of pyridine rings is 1. The number of anilines is 3. The van der Waals surface area contributed by atoms with E-state index in [1.807, 2.05) is 60.7 Å². The molecular weight excluding hydrogens is 340 g/mol. The van der Waals surface area contributed by atoms with Crippen LogP contribution in [0.2, 0.25) is 0 Å². The Morgan fingerprint density at radius 2 is 1.70 bits per heavy atom. The van der Waals surface area contributed by atoms with E-state index >= 15 is 0 Å². The number of benzene rings is 2. The summed E-state index contributed by atoms with van der Waals surface area (Å²) < 4.78 is 5.88. The molecule has 0 unspecified atom stereocenters. The minimum atomic E-state index is -0.170. The molecule has 27 heavy (non-hydrogen) atoms. The fourth-order valence-electron chi connectivity index (χ4n) is 2.54. The summed E-state index contributed by atoms with van der Waals surface area (Å²) in [7, 11) is 0. The third kappa shape index (κ3) is 4.98. The van der Waals surface area contributed by atoms with Gasteiger partial charge in [0.15, 0.2) is 0 Å². The van der Waals surface area contributed by atoms with Gasteiger partial charge >= 0.3 is 6.03 Å². The van der Waals surface area contributed by atoms with Gasteiger partial charge in [-0.25, -0.2) is 9.78 Å². The van der Waals surface area contributed by atoms with E-state index in [1.165, 1.54) is 0 Å². The lowest BCUT2D eigenvalue weighted by atomic mass is 10.3. The predicted octanol–water partition coefficient (Wildman–Crippen LogP) is 4.90. The number of ether oxygens (including phenoxy) is 1. The fourth-order valence-corrected chi connectivity index (χ4v) is 2.54. The Kier molecular flexibility index (Phi) is 4.87. The maximum Gasteiger partial charge on any atom is 0.319 e. The lowest BCUT2D eigenvalue weighted by Gasteiger charge is -2.10. The van der Waals surface area contributed by atoms with Crippen molar-refractivity contribution in [2.45, 2.75) is 18.9 Å². The summed E-state index contributed by atoms with van der Waals surface area (Å²) in [6, 6.07) is 20.9. The molecule has 0 aliphatic heterocycles. The zero-order chi connectivity index (χ0) is 18.5. The lowest BCUT2D eigenvalue weighted by molar-refractivity contribution is 0.251. The van der Waals surface area contributed by atoms with Crippen molar-refractivity contribution in [2.24, 2.45) is 0 Å². The molecule has 6 nitrogen and oxygen atoms in total. The van der Waals surface area contributed by atoms with Gasteiger partial charge in [-0.3, -0.25) is 0 Å². The zero-order valence-corrected chi connectivity index (χ0v) is 14.7. The number of hydrogen-bond donors (Lipinski definition) is 3. The number of hydrogen-bond acceptors (Lipinski definition) is 4. The van der Waals surface area contributed by atoms with Crippen LogP contribution in [0.4, 0.5) is 22.0 Å². The number of carbonyl (C=O) groups is 1. The van der Waals surface area contributed by atoms with Crippen molar-refractivity contribution in [2.75, 3.05) is 10.6 Å². The quantitative estimate of drug-likeness (QED) is 0.584. The molecule has 1 heterocycles. The fraction of sp³-hybridized carbons (Fsp3) is 0.143. The van der Waals surface area contributed by atoms with E-state index in [4.69, 9.17) is 4.74 Å². The summed E-state index contributed by atoms with van der Waals surface area (Å²) in [5.74, 6) is 2.06. The first-order valence-electron chi connectivity index (χ1n) is 8.88. The summed E-state index contributed by atoms with van der Waals surface area (Å²) in [5, 5.41) is 8.94. The van der Waals surface area contributed by atoms with Crippen LogP contribution in [0.3, 0.4) is 0 Å². The average molecular weight is 360 g/mol. The molecule has 0 bridgehead atoms. The Morgan fingerprint density at radius 3 is 2.44 bits per heavy atom. The van der Waals surface area contributed by atoms with Crippen LogP contribution in [0.15, 0.2) is 72.9 Å². The first kappa shape index (κ1) is 16.9. The Labute approximate surface area is 157 Å². The molecule has 3 N–H and O–H groups in total. The molecule has 1 fully saturated rings. The van der Waals surface area contributed by atoms with Crippen molar-refractivity contribution in [1.82, 2.24) is 10.3 Å². The van der Waals surface area contributed by atoms with Crippen LogP contribution < -0.4 is 20.7 Å². The van der Waals surface area contributed by atoms with Gasteiger partial charge in [0.05, 0.1) is 0 Å². The minimum Gasteiger partial charge on any atom is -0.457 e. The van der Waals surface area contributed by atoms with E-state index < -0.39 is 0 Å². The molecule has 2 amide bonds. The van der Waals surface area contributed by atoms with E-state index in [9.17, 15) is 4.79 Å². The number of rotatable bonds is 6. The van der Waals surface area contributed by atoms with Crippen molar-refractivity contribution in [3.63, 3.8) is 0 Å². The second-order valence-electron chi connectivity index (χ2n) is 6.37. The predicted molar refractivity (Wildman–Crippen MR) is 106 cm³/mol. The minimum absolute atomic E-state index is 0.170. The number of urea groups is 1. The molecule has 0 radical (unpaired) electrons. The number of amides is 2. The van der Waals surface area contributed by atoms with Crippen LogP contribution in [-0.2, 0) is 0 Å². The molecule has 6 heteroatoms. The van der Waals surface area contributed by atoms with Gasteiger partial charge in [0.25, 0.3) is 0 Å². The number of para-hydroxylation sites is 1. The van der Waals surface area contributed by atoms with Gasteiger partial charge in [0, 0.05) is 29.7 Å². The Bertz CT molecular complexity index is 909. The lowest BCUT2D eigenvalue weighted by Crippen LogP contribution is -2.30. The highest BCUT2D eigenvalue weighted by atomic mass is 16.5. The number of nitrogens with zero attached hydrogens (tertiary/aromatic N) is 1. The topological polar surface area (TPSA) is 75.3 Å². The van der Waals surface area contributed by atoms with E-state index in [-0.39, 0.29) is 6.03 Å². The van der Waals surface area contributed by atoms with Gasteiger partial charge < -0.3 is 20.7 Å². The monoisotopic (exact) mass is 360 g/mol. The van der Waals surface area contributed by atoms with Gasteiger partial charge in [-0.15, -0.1) is 0 Å². The third-order valence-corrected chi connectivity index (χ3v) is 4.04. The van der Waals surface area contributed by atoms with Gasteiger partial charge in [-0.05, 0) is 55.3 Å². The van der Waals surface area contributed by atoms with Crippen LogP contribution in [0.1, 0.15) is 12.8 Å². The molecule has 1 saturated carbocycles. The molecule has 4 rings (SSSR count). The summed E-state index contributed by atoms with van der Waals surface area (Å²) in [6.45, 7) is 0. The first-order valence-corrected chi connectivity index (χ1v) is 8.88. The molecule has 1 aromatic heterocycles. The van der Waals surface area contributed by atoms with E-state index in [1.54, 1.807) is 12.3 Å². The molecule has 2 aromatic carbocycles. The number of nitrogens with one attached hydrogen (secondary N) is 3. The third-order valence-electron chi connectivity index (χ3n) is 4.04. The van der Waals surface area contributed by atoms with Crippen molar-refractivity contribution in [3.8, 4) is 11.5 Å². The van der Waals surface area contributed by atoms with Crippen LogP contribution >= 0.6 is 0 Å². The Morgan fingerprint density at radius 1 is 0.926 bits per heavy atom. The molecule has 0 atom stereocenters.